The summed E-state index contributed by atoms with van der Waals surface area (Å²) in [6, 6.07) is 21.4. The molecule has 7 atom stereocenters. The molecule has 9 heteroatoms. The highest BCUT2D eigenvalue weighted by Gasteiger charge is 2.77. The zero-order valence-electron chi connectivity index (χ0n) is 25.7. The average Bonchev–Trinajstić information content (AvgIpc) is 3.67. The van der Waals surface area contributed by atoms with Crippen LogP contribution in [0.15, 0.2) is 98.1 Å². The Balaban J connectivity index is 1.43. The van der Waals surface area contributed by atoms with Gasteiger partial charge in [0.2, 0.25) is 5.91 Å². The number of hydrogen-bond acceptors (Lipinski definition) is 6. The number of nitrogens with zero attached hydrogens (tertiary/aromatic N) is 2. The van der Waals surface area contributed by atoms with Crippen LogP contribution in [0.5, 0.6) is 0 Å². The lowest BCUT2D eigenvalue weighted by Crippen LogP contribution is -2.59. The molecule has 0 radical (unpaired) electrons. The van der Waals surface area contributed by atoms with Crippen molar-refractivity contribution >= 4 is 50.2 Å². The molecule has 1 spiro atoms. The molecule has 3 unspecified atom stereocenters. The molecule has 3 fully saturated rings. The summed E-state index contributed by atoms with van der Waals surface area (Å²) in [7, 11) is 0. The number of esters is 1. The van der Waals surface area contributed by atoms with Crippen molar-refractivity contribution < 1.29 is 29.0 Å². The highest BCUT2D eigenvalue weighted by atomic mass is 79.9. The van der Waals surface area contributed by atoms with Gasteiger partial charge in [0.25, 0.3) is 5.91 Å². The second-order valence-electron chi connectivity index (χ2n) is 12.3. The minimum absolute atomic E-state index is 0.189. The van der Waals surface area contributed by atoms with Crippen LogP contribution < -0.4 is 4.90 Å². The molecular formula is C37H39BrN2O6. The van der Waals surface area contributed by atoms with Crippen molar-refractivity contribution in [3.8, 4) is 0 Å². The molecule has 8 nitrogen and oxygen atoms in total. The third-order valence-corrected chi connectivity index (χ3v) is 10.4. The predicted molar refractivity (Wildman–Crippen MR) is 180 cm³/mol. The summed E-state index contributed by atoms with van der Waals surface area (Å²) in [6.07, 6.45) is 4.78. The molecule has 3 aromatic carbocycles. The number of carbonyl (C=O) groups excluding carboxylic acids is 3. The Morgan fingerprint density at radius 3 is 2.54 bits per heavy atom. The van der Waals surface area contributed by atoms with E-state index in [-0.39, 0.29) is 36.4 Å². The Hall–Kier alpha value is -3.79. The number of hydrogen-bond donors (Lipinski definition) is 1. The lowest BCUT2D eigenvalue weighted by molar-refractivity contribution is -0.155. The van der Waals surface area contributed by atoms with Crippen LogP contribution in [-0.4, -0.2) is 76.2 Å². The quantitative estimate of drug-likeness (QED) is 0.115. The van der Waals surface area contributed by atoms with Crippen LogP contribution in [0.25, 0.3) is 10.8 Å². The number of aliphatic hydroxyl groups excluding tert-OH is 1. The number of halogens is 1. The maximum absolute atomic E-state index is 15.0. The van der Waals surface area contributed by atoms with E-state index in [2.05, 4.69) is 29.1 Å². The number of anilines is 1. The van der Waals surface area contributed by atoms with Gasteiger partial charge in [0.1, 0.15) is 11.6 Å². The lowest BCUT2D eigenvalue weighted by atomic mass is 9.70. The van der Waals surface area contributed by atoms with E-state index < -0.39 is 41.6 Å². The molecule has 0 saturated carbocycles. The fourth-order valence-corrected chi connectivity index (χ4v) is 8.53. The Labute approximate surface area is 277 Å². The summed E-state index contributed by atoms with van der Waals surface area (Å²) in [4.78, 5) is 46.2. The maximum Gasteiger partial charge on any atom is 0.312 e. The smallest absolute Gasteiger partial charge is 0.312 e. The number of rotatable bonds is 13. The van der Waals surface area contributed by atoms with Gasteiger partial charge in [0.15, 0.2) is 0 Å². The Morgan fingerprint density at radius 1 is 1.09 bits per heavy atom. The van der Waals surface area contributed by atoms with Crippen molar-refractivity contribution in [2.45, 2.75) is 54.3 Å². The number of amides is 2. The van der Waals surface area contributed by atoms with Crippen molar-refractivity contribution in [1.82, 2.24) is 4.90 Å². The van der Waals surface area contributed by atoms with E-state index in [1.165, 1.54) is 4.90 Å². The molecule has 46 heavy (non-hydrogen) atoms. The minimum atomic E-state index is -1.29. The second kappa shape index (κ2) is 13.5. The SMILES string of the molecule is C=CCCCOC(=O)[C@H]1[C@@H]2OC3(CC2Br)C(C(=O)N(CC=C)c2ccc4ccccc4c2)N([C@@H](CO)Cc2ccccc2)C(=O)[C@H]13. The number of alkyl halides is 1. The fourth-order valence-electron chi connectivity index (χ4n) is 7.59. The van der Waals surface area contributed by atoms with E-state index in [0.717, 1.165) is 16.3 Å². The summed E-state index contributed by atoms with van der Waals surface area (Å²) in [5.41, 5.74) is 0.271. The summed E-state index contributed by atoms with van der Waals surface area (Å²) in [5.74, 6) is -3.05. The first-order chi connectivity index (χ1) is 22.3. The van der Waals surface area contributed by atoms with Crippen molar-refractivity contribution in [3.05, 3.63) is 104 Å². The van der Waals surface area contributed by atoms with Crippen molar-refractivity contribution in [2.75, 3.05) is 24.7 Å². The first kappa shape index (κ1) is 32.2. The summed E-state index contributed by atoms with van der Waals surface area (Å²) < 4.78 is 12.4. The molecular weight excluding hydrogens is 648 g/mol. The molecule has 3 heterocycles. The van der Waals surface area contributed by atoms with Crippen molar-refractivity contribution in [2.24, 2.45) is 11.8 Å². The normalized spacial score (nSPS) is 27.0. The van der Waals surface area contributed by atoms with Gasteiger partial charge in [-0.15, -0.1) is 13.2 Å². The number of allylic oxidation sites excluding steroid dienone is 1. The molecule has 3 saturated heterocycles. The number of carbonyl (C=O) groups is 3. The van der Waals surface area contributed by atoms with Crippen LogP contribution in [0.2, 0.25) is 0 Å². The summed E-state index contributed by atoms with van der Waals surface area (Å²) in [5, 5.41) is 12.8. The molecule has 0 aromatic heterocycles. The number of unbranched alkanes of at least 4 members (excludes halogenated alkanes) is 1. The van der Waals surface area contributed by atoms with E-state index in [4.69, 9.17) is 9.47 Å². The van der Waals surface area contributed by atoms with Crippen LogP contribution in [-0.2, 0) is 30.3 Å². The van der Waals surface area contributed by atoms with Gasteiger partial charge in [-0.1, -0.05) is 88.7 Å². The lowest BCUT2D eigenvalue weighted by Gasteiger charge is -2.39. The van der Waals surface area contributed by atoms with E-state index in [1.54, 1.807) is 17.1 Å². The molecule has 3 aromatic rings. The number of aliphatic hydroxyl groups is 1. The Kier molecular flexibility index (Phi) is 9.45. The first-order valence-electron chi connectivity index (χ1n) is 15.8. The zero-order valence-corrected chi connectivity index (χ0v) is 27.3. The van der Waals surface area contributed by atoms with Crippen molar-refractivity contribution in [1.29, 1.82) is 0 Å². The largest absolute Gasteiger partial charge is 0.465 e. The Bertz CT molecular complexity index is 1630. The molecule has 3 aliphatic heterocycles. The third-order valence-electron chi connectivity index (χ3n) is 9.57. The Morgan fingerprint density at radius 2 is 1.83 bits per heavy atom. The highest BCUT2D eigenvalue weighted by Crippen LogP contribution is 2.61. The van der Waals surface area contributed by atoms with Crippen LogP contribution in [0.3, 0.4) is 0 Å². The molecule has 6 rings (SSSR count). The van der Waals surface area contributed by atoms with Gasteiger partial charge >= 0.3 is 5.97 Å². The first-order valence-corrected chi connectivity index (χ1v) is 16.7. The van der Waals surface area contributed by atoms with Gasteiger partial charge in [-0.25, -0.2) is 0 Å². The molecule has 1 N–H and O–H groups in total. The number of likely N-dealkylation sites (tertiary alicyclic amines) is 1. The summed E-state index contributed by atoms with van der Waals surface area (Å²) >= 11 is 3.73. The van der Waals surface area contributed by atoms with Crippen LogP contribution >= 0.6 is 15.9 Å². The van der Waals surface area contributed by atoms with E-state index in [9.17, 15) is 14.7 Å². The molecule has 2 amide bonds. The average molecular weight is 688 g/mol. The van der Waals surface area contributed by atoms with Gasteiger partial charge < -0.3 is 24.4 Å². The summed E-state index contributed by atoms with van der Waals surface area (Å²) in [6.45, 7) is 7.65. The van der Waals surface area contributed by atoms with E-state index in [1.807, 2.05) is 72.8 Å². The van der Waals surface area contributed by atoms with Gasteiger partial charge in [0, 0.05) is 17.1 Å². The molecule has 3 aliphatic rings. The van der Waals surface area contributed by atoms with Crippen LogP contribution in [0.1, 0.15) is 24.8 Å². The van der Waals surface area contributed by atoms with Gasteiger partial charge in [-0.05, 0) is 54.2 Å². The number of ether oxygens (including phenoxy) is 2. The van der Waals surface area contributed by atoms with Crippen LogP contribution in [0, 0.1) is 11.8 Å². The molecule has 240 valence electrons. The minimum Gasteiger partial charge on any atom is -0.465 e. The monoisotopic (exact) mass is 686 g/mol. The predicted octanol–water partition coefficient (Wildman–Crippen LogP) is 5.22. The maximum atomic E-state index is 15.0. The third kappa shape index (κ3) is 5.58. The highest BCUT2D eigenvalue weighted by molar-refractivity contribution is 9.09. The second-order valence-corrected chi connectivity index (χ2v) is 13.5. The zero-order chi connectivity index (χ0) is 32.4. The van der Waals surface area contributed by atoms with Crippen LogP contribution in [0.4, 0.5) is 5.69 Å². The van der Waals surface area contributed by atoms with Gasteiger partial charge in [-0.3, -0.25) is 14.4 Å². The number of benzene rings is 3. The number of fused-ring (bicyclic) bond motifs is 2. The standard InChI is InChI=1S/C37H39BrN2O6/c1-3-5-11-19-45-36(44)30-31-34(42)40(28(23-41)20-24-12-7-6-8-13-24)33(37(31)22-29(38)32(30)46-37)35(43)39(18-4-2)27-17-16-25-14-9-10-15-26(25)21-27/h3-4,6-10,12-17,21,28-33,41H,1-2,5,11,18-20,22-23H2/t28-,29?,30-,31+,32-,33?,37?/m1/s1. The fraction of sp³-hybridized carbons (Fsp3) is 0.378. The topological polar surface area (TPSA) is 96.4 Å². The molecule has 0 aliphatic carbocycles. The van der Waals surface area contributed by atoms with E-state index in [0.29, 0.717) is 31.4 Å². The van der Waals surface area contributed by atoms with Crippen molar-refractivity contribution in [3.63, 3.8) is 0 Å². The van der Waals surface area contributed by atoms with E-state index >= 15 is 4.79 Å². The van der Waals surface area contributed by atoms with Gasteiger partial charge in [0.05, 0.1) is 37.2 Å². The molecule has 2 bridgehead atoms. The van der Waals surface area contributed by atoms with Gasteiger partial charge in [-0.2, -0.15) is 0 Å².